The number of thioether (sulfide) groups is 1. The number of ether oxygens (including phenoxy) is 1. The summed E-state index contributed by atoms with van der Waals surface area (Å²) in [5.74, 6) is -1.49. The Bertz CT molecular complexity index is 1140. The summed E-state index contributed by atoms with van der Waals surface area (Å²) in [6.45, 7) is 2.66. The molecule has 8 heteroatoms. The number of carboxylic acid groups (broad SMARTS) is 1. The van der Waals surface area contributed by atoms with Crippen molar-refractivity contribution in [3.05, 3.63) is 94.5 Å². The van der Waals surface area contributed by atoms with Gasteiger partial charge in [-0.3, -0.25) is 4.79 Å². The zero-order valence-electron chi connectivity index (χ0n) is 19.2. The maximum absolute atomic E-state index is 13.1. The normalized spacial score (nSPS) is 12.3. The third kappa shape index (κ3) is 8.17. The fourth-order valence-corrected chi connectivity index (χ4v) is 4.47. The molecule has 35 heavy (non-hydrogen) atoms. The fraction of sp³-hybridized carbons (Fsp3) is 0.259. The minimum absolute atomic E-state index is 0. The number of halogens is 1. The predicted octanol–water partition coefficient (Wildman–Crippen LogP) is 5.19. The Labute approximate surface area is 227 Å². The SMILES string of the molecule is CSC(COCc1ccccc1Cl)CC(NC(=O)c1ccccc1-c1ccccc1C)C(=O)O.[LiH]. The molecule has 3 aromatic rings. The van der Waals surface area contributed by atoms with Crippen molar-refractivity contribution in [1.29, 1.82) is 0 Å². The first-order valence-corrected chi connectivity index (χ1v) is 12.6. The van der Waals surface area contributed by atoms with Crippen molar-refractivity contribution < 1.29 is 19.4 Å². The molecule has 5 nitrogen and oxygen atoms in total. The first-order valence-electron chi connectivity index (χ1n) is 10.9. The summed E-state index contributed by atoms with van der Waals surface area (Å²) >= 11 is 7.68. The van der Waals surface area contributed by atoms with Gasteiger partial charge in [0.25, 0.3) is 5.91 Å². The van der Waals surface area contributed by atoms with Gasteiger partial charge in [0.2, 0.25) is 0 Å². The van der Waals surface area contributed by atoms with Crippen LogP contribution in [-0.4, -0.2) is 60.0 Å². The van der Waals surface area contributed by atoms with Crippen molar-refractivity contribution in [2.45, 2.75) is 31.2 Å². The van der Waals surface area contributed by atoms with Crippen molar-refractivity contribution in [3.8, 4) is 11.1 Å². The summed E-state index contributed by atoms with van der Waals surface area (Å²) in [4.78, 5) is 25.1. The summed E-state index contributed by atoms with van der Waals surface area (Å²) in [5.41, 5.74) is 4.07. The average Bonchev–Trinajstić information content (AvgIpc) is 2.84. The van der Waals surface area contributed by atoms with E-state index in [1.165, 1.54) is 11.8 Å². The molecule has 3 aromatic carbocycles. The Morgan fingerprint density at radius 2 is 1.63 bits per heavy atom. The van der Waals surface area contributed by atoms with Gasteiger partial charge in [0.15, 0.2) is 0 Å². The molecule has 2 atom stereocenters. The molecule has 0 aromatic heterocycles. The molecular formula is C27H29ClLiNO4S. The van der Waals surface area contributed by atoms with Gasteiger partial charge in [-0.2, -0.15) is 11.8 Å². The number of nitrogens with one attached hydrogen (secondary N) is 1. The number of rotatable bonds is 11. The van der Waals surface area contributed by atoms with Gasteiger partial charge >= 0.3 is 24.8 Å². The van der Waals surface area contributed by atoms with Crippen LogP contribution in [0.2, 0.25) is 5.02 Å². The molecule has 180 valence electrons. The maximum atomic E-state index is 13.1. The molecule has 0 bridgehead atoms. The van der Waals surface area contributed by atoms with Crippen LogP contribution >= 0.6 is 23.4 Å². The standard InChI is InChI=1S/C27H28ClNO4S.Li.H/c1-18-9-3-5-11-21(18)22-12-6-7-13-23(22)26(30)29-25(27(31)32)15-20(34-2)17-33-16-19-10-4-8-14-24(19)28;;/h3-14,20,25H,15-17H2,1-2H3,(H,29,30)(H,31,32);;. The number of amides is 1. The van der Waals surface area contributed by atoms with E-state index in [9.17, 15) is 14.7 Å². The van der Waals surface area contributed by atoms with Crippen LogP contribution in [0, 0.1) is 6.92 Å². The quantitative estimate of drug-likeness (QED) is 0.351. The van der Waals surface area contributed by atoms with E-state index in [0.29, 0.717) is 23.8 Å². The monoisotopic (exact) mass is 505 g/mol. The van der Waals surface area contributed by atoms with Gasteiger partial charge in [-0.15, -0.1) is 0 Å². The van der Waals surface area contributed by atoms with Crippen molar-refractivity contribution in [3.63, 3.8) is 0 Å². The second kappa shape index (κ2) is 14.4. The molecule has 0 saturated heterocycles. The molecule has 2 N–H and O–H groups in total. The van der Waals surface area contributed by atoms with Crippen LogP contribution in [0.1, 0.15) is 27.9 Å². The van der Waals surface area contributed by atoms with E-state index in [0.717, 1.165) is 22.3 Å². The molecular weight excluding hydrogens is 477 g/mol. The van der Waals surface area contributed by atoms with Gasteiger partial charge < -0.3 is 15.2 Å². The molecule has 3 rings (SSSR count). The number of carboxylic acids is 1. The van der Waals surface area contributed by atoms with Crippen LogP contribution in [0.5, 0.6) is 0 Å². The molecule has 0 aliphatic carbocycles. The first-order chi connectivity index (χ1) is 16.4. The third-order valence-corrected chi connectivity index (χ3v) is 6.93. The predicted molar refractivity (Wildman–Crippen MR) is 146 cm³/mol. The zero-order valence-corrected chi connectivity index (χ0v) is 20.7. The van der Waals surface area contributed by atoms with Gasteiger partial charge in [-0.1, -0.05) is 72.3 Å². The van der Waals surface area contributed by atoms with Crippen molar-refractivity contribution >= 4 is 54.1 Å². The van der Waals surface area contributed by atoms with Crippen LogP contribution in [-0.2, 0) is 16.1 Å². The van der Waals surface area contributed by atoms with Crippen LogP contribution in [0.15, 0.2) is 72.8 Å². The van der Waals surface area contributed by atoms with Gasteiger partial charge in [0.05, 0.1) is 13.2 Å². The topological polar surface area (TPSA) is 75.6 Å². The zero-order chi connectivity index (χ0) is 24.5. The summed E-state index contributed by atoms with van der Waals surface area (Å²) in [6.07, 6.45) is 2.13. The van der Waals surface area contributed by atoms with Crippen LogP contribution in [0.25, 0.3) is 11.1 Å². The molecule has 1 amide bonds. The van der Waals surface area contributed by atoms with E-state index >= 15 is 0 Å². The Morgan fingerprint density at radius 1 is 1.00 bits per heavy atom. The van der Waals surface area contributed by atoms with Crippen LogP contribution in [0.4, 0.5) is 0 Å². The minimum atomic E-state index is -1.08. The Kier molecular flexibility index (Phi) is 11.9. The molecule has 0 heterocycles. The van der Waals surface area contributed by atoms with Crippen molar-refractivity contribution in [1.82, 2.24) is 5.32 Å². The summed E-state index contributed by atoms with van der Waals surface area (Å²) in [7, 11) is 0. The summed E-state index contributed by atoms with van der Waals surface area (Å²) in [6, 6.07) is 21.4. The Hall–Kier alpha value is -2.20. The van der Waals surface area contributed by atoms with Crippen molar-refractivity contribution in [2.24, 2.45) is 0 Å². The number of benzene rings is 3. The number of aliphatic carboxylic acids is 1. The summed E-state index contributed by atoms with van der Waals surface area (Å²) < 4.78 is 5.80. The number of hydrogen-bond donors (Lipinski definition) is 2. The first kappa shape index (κ1) is 29.0. The molecule has 2 unspecified atom stereocenters. The molecule has 0 spiro atoms. The Balaban J connectivity index is 0.00000432. The second-order valence-corrected chi connectivity index (χ2v) is 9.47. The fourth-order valence-electron chi connectivity index (χ4n) is 3.66. The van der Waals surface area contributed by atoms with Gasteiger partial charge in [-0.25, -0.2) is 4.79 Å². The molecule has 0 fully saturated rings. The van der Waals surface area contributed by atoms with Crippen molar-refractivity contribution in [2.75, 3.05) is 12.9 Å². The number of carbonyl (C=O) groups excluding carboxylic acids is 1. The van der Waals surface area contributed by atoms with E-state index in [4.69, 9.17) is 16.3 Å². The summed E-state index contributed by atoms with van der Waals surface area (Å²) in [5, 5.41) is 13.0. The molecule has 0 radical (unpaired) electrons. The van der Waals surface area contributed by atoms with Crippen LogP contribution < -0.4 is 5.32 Å². The second-order valence-electron chi connectivity index (χ2n) is 7.92. The average molecular weight is 506 g/mol. The van der Waals surface area contributed by atoms with E-state index in [1.807, 2.05) is 67.8 Å². The van der Waals surface area contributed by atoms with E-state index in [1.54, 1.807) is 18.2 Å². The van der Waals surface area contributed by atoms with Gasteiger partial charge in [0, 0.05) is 15.8 Å². The van der Waals surface area contributed by atoms with E-state index < -0.39 is 17.9 Å². The number of hydrogen-bond acceptors (Lipinski definition) is 4. The number of aryl methyl sites for hydroxylation is 1. The van der Waals surface area contributed by atoms with E-state index in [2.05, 4.69) is 5.32 Å². The van der Waals surface area contributed by atoms with Crippen LogP contribution in [0.3, 0.4) is 0 Å². The molecule has 0 aliphatic rings. The molecule has 0 saturated carbocycles. The number of carbonyl (C=O) groups is 2. The van der Waals surface area contributed by atoms with Gasteiger partial charge in [0.1, 0.15) is 6.04 Å². The van der Waals surface area contributed by atoms with Gasteiger partial charge in [-0.05, 0) is 54.0 Å². The Morgan fingerprint density at radius 3 is 2.29 bits per heavy atom. The van der Waals surface area contributed by atoms with E-state index in [-0.39, 0.29) is 30.5 Å². The molecule has 0 aliphatic heterocycles. The third-order valence-electron chi connectivity index (χ3n) is 5.56.